The van der Waals surface area contributed by atoms with E-state index in [1.165, 1.54) is 13.8 Å². The lowest BCUT2D eigenvalue weighted by Gasteiger charge is -2.21. The van der Waals surface area contributed by atoms with Gasteiger partial charge in [0.1, 0.15) is 5.54 Å². The molecule has 0 bridgehead atoms. The number of rotatable bonds is 4. The molecule has 4 heteroatoms. The standard InChI is InChI=1S/C10H17NO3/c1-5-6-7(2)8(12)11-10(3,4)9(13)14/h6H,5H2,1-4H3,(H,11,12)(H,13,14). The molecule has 0 aromatic rings. The van der Waals surface area contributed by atoms with Crippen LogP contribution in [0.15, 0.2) is 11.6 Å². The van der Waals surface area contributed by atoms with Gasteiger partial charge >= 0.3 is 5.97 Å². The molecular formula is C10H17NO3. The molecule has 0 atom stereocenters. The summed E-state index contributed by atoms with van der Waals surface area (Å²) in [6.07, 6.45) is 2.51. The van der Waals surface area contributed by atoms with Crippen LogP contribution in [-0.4, -0.2) is 22.5 Å². The van der Waals surface area contributed by atoms with E-state index < -0.39 is 11.5 Å². The van der Waals surface area contributed by atoms with Crippen molar-refractivity contribution in [3.8, 4) is 0 Å². The maximum Gasteiger partial charge on any atom is 0.328 e. The molecule has 0 saturated heterocycles. The van der Waals surface area contributed by atoms with Gasteiger partial charge in [-0.3, -0.25) is 4.79 Å². The van der Waals surface area contributed by atoms with E-state index in [1.807, 2.05) is 6.92 Å². The first-order valence-electron chi connectivity index (χ1n) is 4.54. The van der Waals surface area contributed by atoms with Gasteiger partial charge in [0.15, 0.2) is 0 Å². The number of aliphatic carboxylic acids is 1. The van der Waals surface area contributed by atoms with Crippen molar-refractivity contribution in [2.45, 2.75) is 39.7 Å². The maximum absolute atomic E-state index is 11.4. The smallest absolute Gasteiger partial charge is 0.328 e. The summed E-state index contributed by atoms with van der Waals surface area (Å²) < 4.78 is 0. The van der Waals surface area contributed by atoms with Crippen LogP contribution in [0.4, 0.5) is 0 Å². The van der Waals surface area contributed by atoms with Gasteiger partial charge in [-0.05, 0) is 27.2 Å². The molecule has 80 valence electrons. The third-order valence-electron chi connectivity index (χ3n) is 1.83. The van der Waals surface area contributed by atoms with Crippen LogP contribution >= 0.6 is 0 Å². The van der Waals surface area contributed by atoms with Crippen LogP contribution in [0, 0.1) is 0 Å². The molecule has 0 fully saturated rings. The van der Waals surface area contributed by atoms with Crippen molar-refractivity contribution >= 4 is 11.9 Å². The summed E-state index contributed by atoms with van der Waals surface area (Å²) in [7, 11) is 0. The van der Waals surface area contributed by atoms with Gasteiger partial charge in [0.05, 0.1) is 0 Å². The Labute approximate surface area is 84.0 Å². The van der Waals surface area contributed by atoms with Crippen LogP contribution in [-0.2, 0) is 9.59 Å². The summed E-state index contributed by atoms with van der Waals surface area (Å²) in [5.74, 6) is -1.38. The summed E-state index contributed by atoms with van der Waals surface area (Å²) in [6.45, 7) is 6.48. The van der Waals surface area contributed by atoms with Crippen LogP contribution in [0.2, 0.25) is 0 Å². The molecule has 0 saturated carbocycles. The number of hydrogen-bond donors (Lipinski definition) is 2. The number of nitrogens with one attached hydrogen (secondary N) is 1. The van der Waals surface area contributed by atoms with E-state index in [-0.39, 0.29) is 5.91 Å². The van der Waals surface area contributed by atoms with E-state index in [9.17, 15) is 9.59 Å². The quantitative estimate of drug-likeness (QED) is 0.671. The second-order valence-corrected chi connectivity index (χ2v) is 3.68. The number of hydrogen-bond acceptors (Lipinski definition) is 2. The zero-order valence-electron chi connectivity index (χ0n) is 9.05. The van der Waals surface area contributed by atoms with Crippen LogP contribution < -0.4 is 5.32 Å². The Hall–Kier alpha value is -1.32. The second kappa shape index (κ2) is 4.79. The van der Waals surface area contributed by atoms with Gasteiger partial charge in [0.2, 0.25) is 5.91 Å². The van der Waals surface area contributed by atoms with Crippen molar-refractivity contribution in [2.75, 3.05) is 0 Å². The summed E-state index contributed by atoms with van der Waals surface area (Å²) in [5, 5.41) is 11.2. The first kappa shape index (κ1) is 12.7. The minimum Gasteiger partial charge on any atom is -0.480 e. The van der Waals surface area contributed by atoms with E-state index in [2.05, 4.69) is 5.32 Å². The number of carbonyl (C=O) groups excluding carboxylic acids is 1. The van der Waals surface area contributed by atoms with Crippen LogP contribution in [0.1, 0.15) is 34.1 Å². The number of allylic oxidation sites excluding steroid dienone is 1. The summed E-state index contributed by atoms with van der Waals surface area (Å²) >= 11 is 0. The molecule has 0 radical (unpaired) electrons. The van der Waals surface area contributed by atoms with E-state index >= 15 is 0 Å². The molecular weight excluding hydrogens is 182 g/mol. The number of carboxylic acid groups (broad SMARTS) is 1. The van der Waals surface area contributed by atoms with Crippen molar-refractivity contribution < 1.29 is 14.7 Å². The fraction of sp³-hybridized carbons (Fsp3) is 0.600. The van der Waals surface area contributed by atoms with Gasteiger partial charge in [-0.25, -0.2) is 4.79 Å². The van der Waals surface area contributed by atoms with Crippen LogP contribution in [0.25, 0.3) is 0 Å². The van der Waals surface area contributed by atoms with Crippen molar-refractivity contribution in [1.29, 1.82) is 0 Å². The van der Waals surface area contributed by atoms with Gasteiger partial charge in [0.25, 0.3) is 0 Å². The molecule has 4 nitrogen and oxygen atoms in total. The molecule has 0 aromatic carbocycles. The molecule has 0 unspecified atom stereocenters. The van der Waals surface area contributed by atoms with Gasteiger partial charge in [0, 0.05) is 5.57 Å². The molecule has 0 aliphatic rings. The lowest BCUT2D eigenvalue weighted by Crippen LogP contribution is -2.49. The largest absolute Gasteiger partial charge is 0.480 e. The molecule has 0 spiro atoms. The van der Waals surface area contributed by atoms with E-state index in [4.69, 9.17) is 5.11 Å². The first-order valence-corrected chi connectivity index (χ1v) is 4.54. The van der Waals surface area contributed by atoms with E-state index in [0.29, 0.717) is 5.57 Å². The predicted octanol–water partition coefficient (Wildman–Crippen LogP) is 1.32. The third-order valence-corrected chi connectivity index (χ3v) is 1.83. The average molecular weight is 199 g/mol. The maximum atomic E-state index is 11.4. The minimum atomic E-state index is -1.22. The Morgan fingerprint density at radius 1 is 1.43 bits per heavy atom. The zero-order valence-corrected chi connectivity index (χ0v) is 9.05. The normalized spacial score (nSPS) is 12.4. The second-order valence-electron chi connectivity index (χ2n) is 3.68. The van der Waals surface area contributed by atoms with Gasteiger partial charge in [-0.15, -0.1) is 0 Å². The molecule has 0 aromatic heterocycles. The van der Waals surface area contributed by atoms with E-state index in [1.54, 1.807) is 13.0 Å². The highest BCUT2D eigenvalue weighted by Gasteiger charge is 2.28. The average Bonchev–Trinajstić information content (AvgIpc) is 2.03. The summed E-state index contributed by atoms with van der Waals surface area (Å²) in [6, 6.07) is 0. The first-order chi connectivity index (χ1) is 6.31. The Morgan fingerprint density at radius 3 is 2.29 bits per heavy atom. The zero-order chi connectivity index (χ0) is 11.4. The predicted molar refractivity (Wildman–Crippen MR) is 53.9 cm³/mol. The van der Waals surface area contributed by atoms with Gasteiger partial charge in [-0.1, -0.05) is 13.0 Å². The fourth-order valence-electron chi connectivity index (χ4n) is 0.835. The summed E-state index contributed by atoms with van der Waals surface area (Å²) in [4.78, 5) is 22.1. The number of carboxylic acids is 1. The third kappa shape index (κ3) is 3.60. The molecule has 0 aliphatic heterocycles. The lowest BCUT2D eigenvalue weighted by molar-refractivity contribution is -0.145. The Balaban J connectivity index is 4.48. The van der Waals surface area contributed by atoms with Gasteiger partial charge in [-0.2, -0.15) is 0 Å². The van der Waals surface area contributed by atoms with Crippen molar-refractivity contribution in [3.63, 3.8) is 0 Å². The summed E-state index contributed by atoms with van der Waals surface area (Å²) in [5.41, 5.74) is -0.679. The monoisotopic (exact) mass is 199 g/mol. The van der Waals surface area contributed by atoms with E-state index in [0.717, 1.165) is 6.42 Å². The Morgan fingerprint density at radius 2 is 1.93 bits per heavy atom. The molecule has 2 N–H and O–H groups in total. The van der Waals surface area contributed by atoms with Crippen molar-refractivity contribution in [1.82, 2.24) is 5.32 Å². The van der Waals surface area contributed by atoms with Crippen molar-refractivity contribution in [2.24, 2.45) is 0 Å². The fourth-order valence-corrected chi connectivity index (χ4v) is 0.835. The molecule has 0 aliphatic carbocycles. The lowest BCUT2D eigenvalue weighted by atomic mass is 10.1. The Bertz CT molecular complexity index is 267. The SMILES string of the molecule is CCC=C(C)C(=O)NC(C)(C)C(=O)O. The number of carbonyl (C=O) groups is 2. The highest BCUT2D eigenvalue weighted by molar-refractivity contribution is 5.96. The highest BCUT2D eigenvalue weighted by atomic mass is 16.4. The minimum absolute atomic E-state index is 0.334. The van der Waals surface area contributed by atoms with Gasteiger partial charge < -0.3 is 10.4 Å². The Kier molecular flexibility index (Phi) is 4.34. The number of amides is 1. The highest BCUT2D eigenvalue weighted by Crippen LogP contribution is 2.04. The molecule has 0 heterocycles. The topological polar surface area (TPSA) is 66.4 Å². The molecule has 1 amide bonds. The van der Waals surface area contributed by atoms with Crippen LogP contribution in [0.5, 0.6) is 0 Å². The van der Waals surface area contributed by atoms with Crippen molar-refractivity contribution in [3.05, 3.63) is 11.6 Å². The molecule has 0 rings (SSSR count). The molecule has 14 heavy (non-hydrogen) atoms. The van der Waals surface area contributed by atoms with Crippen LogP contribution in [0.3, 0.4) is 0 Å².